The number of benzene rings is 2. The van der Waals surface area contributed by atoms with Crippen molar-refractivity contribution in [3.63, 3.8) is 0 Å². The number of aromatic amines is 1. The monoisotopic (exact) mass is 293 g/mol. The van der Waals surface area contributed by atoms with Gasteiger partial charge in [0.05, 0.1) is 17.2 Å². The number of fused-ring (bicyclic) bond motifs is 1. The highest BCUT2D eigenvalue weighted by atomic mass is 19.1. The van der Waals surface area contributed by atoms with Crippen LogP contribution >= 0.6 is 0 Å². The van der Waals surface area contributed by atoms with E-state index < -0.39 is 11.7 Å². The van der Waals surface area contributed by atoms with Crippen LogP contribution in [0.15, 0.2) is 42.5 Å². The molecule has 2 aromatic carbocycles. The second-order valence-electron chi connectivity index (χ2n) is 4.93. The van der Waals surface area contributed by atoms with Gasteiger partial charge in [-0.1, -0.05) is 6.07 Å². The average Bonchev–Trinajstić information content (AvgIpc) is 2.85. The van der Waals surface area contributed by atoms with Crippen LogP contribution in [0, 0.1) is 24.1 Å². The number of nitrogens with zero attached hydrogens (tertiary/aromatic N) is 1. The van der Waals surface area contributed by atoms with Gasteiger partial charge in [0.2, 0.25) is 0 Å². The van der Waals surface area contributed by atoms with Crippen molar-refractivity contribution in [1.82, 2.24) is 4.98 Å². The molecule has 3 aromatic rings. The first kappa shape index (κ1) is 13.8. The van der Waals surface area contributed by atoms with Gasteiger partial charge in [0.15, 0.2) is 0 Å². The Balaban J connectivity index is 1.98. The number of amides is 1. The van der Waals surface area contributed by atoms with Gasteiger partial charge in [0, 0.05) is 22.3 Å². The summed E-state index contributed by atoms with van der Waals surface area (Å²) in [6.07, 6.45) is 0. The maximum absolute atomic E-state index is 14.0. The van der Waals surface area contributed by atoms with Crippen molar-refractivity contribution >= 4 is 22.5 Å². The fourth-order valence-corrected chi connectivity index (χ4v) is 2.44. The Morgan fingerprint density at radius 3 is 2.64 bits per heavy atom. The fourth-order valence-electron chi connectivity index (χ4n) is 2.44. The van der Waals surface area contributed by atoms with Crippen molar-refractivity contribution in [3.8, 4) is 6.07 Å². The highest BCUT2D eigenvalue weighted by Crippen LogP contribution is 2.25. The SMILES string of the molecule is Cc1[nH]c2cccc(F)c2c1C(=O)Nc1ccc(C#N)cc1. The molecule has 1 heterocycles. The molecule has 3 rings (SSSR count). The minimum Gasteiger partial charge on any atom is -0.358 e. The van der Waals surface area contributed by atoms with Crippen molar-refractivity contribution in [2.45, 2.75) is 6.92 Å². The zero-order valence-electron chi connectivity index (χ0n) is 11.8. The lowest BCUT2D eigenvalue weighted by Crippen LogP contribution is -2.13. The van der Waals surface area contributed by atoms with Crippen LogP contribution in [0.4, 0.5) is 10.1 Å². The van der Waals surface area contributed by atoms with Gasteiger partial charge < -0.3 is 10.3 Å². The molecule has 0 unspecified atom stereocenters. The Morgan fingerprint density at radius 1 is 1.23 bits per heavy atom. The van der Waals surface area contributed by atoms with Gasteiger partial charge in [-0.15, -0.1) is 0 Å². The number of nitriles is 1. The second-order valence-corrected chi connectivity index (χ2v) is 4.93. The highest BCUT2D eigenvalue weighted by molar-refractivity contribution is 6.14. The lowest BCUT2D eigenvalue weighted by molar-refractivity contribution is 0.102. The molecule has 0 fully saturated rings. The Labute approximate surface area is 126 Å². The van der Waals surface area contributed by atoms with Crippen molar-refractivity contribution in [3.05, 3.63) is 65.1 Å². The number of nitrogens with one attached hydrogen (secondary N) is 2. The number of H-pyrrole nitrogens is 1. The van der Waals surface area contributed by atoms with E-state index in [4.69, 9.17) is 5.26 Å². The van der Waals surface area contributed by atoms with Crippen molar-refractivity contribution in [1.29, 1.82) is 5.26 Å². The van der Waals surface area contributed by atoms with Crippen LogP contribution in [0.2, 0.25) is 0 Å². The lowest BCUT2D eigenvalue weighted by Gasteiger charge is -2.06. The van der Waals surface area contributed by atoms with E-state index in [0.29, 0.717) is 22.5 Å². The van der Waals surface area contributed by atoms with E-state index in [2.05, 4.69) is 10.3 Å². The van der Waals surface area contributed by atoms with E-state index in [9.17, 15) is 9.18 Å². The van der Waals surface area contributed by atoms with Gasteiger partial charge in [-0.2, -0.15) is 5.26 Å². The molecule has 0 saturated carbocycles. The van der Waals surface area contributed by atoms with Crippen LogP contribution in [-0.4, -0.2) is 10.9 Å². The molecule has 2 N–H and O–H groups in total. The summed E-state index contributed by atoms with van der Waals surface area (Å²) >= 11 is 0. The number of hydrogen-bond acceptors (Lipinski definition) is 2. The topological polar surface area (TPSA) is 68.7 Å². The third-order valence-corrected chi connectivity index (χ3v) is 3.46. The van der Waals surface area contributed by atoms with Crippen LogP contribution in [0.3, 0.4) is 0 Å². The number of carbonyl (C=O) groups excluding carboxylic acids is 1. The molecule has 22 heavy (non-hydrogen) atoms. The molecule has 0 aliphatic carbocycles. The standard InChI is InChI=1S/C17H12FN3O/c1-10-15(16-13(18)3-2-4-14(16)20-10)17(22)21-12-7-5-11(9-19)6-8-12/h2-8,20H,1H3,(H,21,22). The van der Waals surface area contributed by atoms with Crippen LogP contribution in [-0.2, 0) is 0 Å². The largest absolute Gasteiger partial charge is 0.358 e. The van der Waals surface area contributed by atoms with Gasteiger partial charge in [-0.3, -0.25) is 4.79 Å². The summed E-state index contributed by atoms with van der Waals surface area (Å²) in [7, 11) is 0. The summed E-state index contributed by atoms with van der Waals surface area (Å²) in [5.74, 6) is -0.828. The number of aryl methyl sites for hydroxylation is 1. The summed E-state index contributed by atoms with van der Waals surface area (Å²) in [4.78, 5) is 15.5. The summed E-state index contributed by atoms with van der Waals surface area (Å²) < 4.78 is 14.0. The van der Waals surface area contributed by atoms with Gasteiger partial charge in [-0.05, 0) is 43.3 Å². The zero-order chi connectivity index (χ0) is 15.7. The number of anilines is 1. The molecule has 0 aliphatic heterocycles. The zero-order valence-corrected chi connectivity index (χ0v) is 11.8. The molecule has 1 aromatic heterocycles. The first-order chi connectivity index (χ1) is 10.6. The number of hydrogen-bond donors (Lipinski definition) is 2. The molecular formula is C17H12FN3O. The molecular weight excluding hydrogens is 281 g/mol. The average molecular weight is 293 g/mol. The van der Waals surface area contributed by atoms with Crippen LogP contribution < -0.4 is 5.32 Å². The fraction of sp³-hybridized carbons (Fsp3) is 0.0588. The normalized spacial score (nSPS) is 10.4. The predicted octanol–water partition coefficient (Wildman–Crippen LogP) is 3.74. The molecule has 0 bridgehead atoms. The van der Waals surface area contributed by atoms with Crippen LogP contribution in [0.5, 0.6) is 0 Å². The number of carbonyl (C=O) groups is 1. The molecule has 0 aliphatic rings. The summed E-state index contributed by atoms with van der Waals surface area (Å²) in [6, 6.07) is 13.1. The van der Waals surface area contributed by atoms with Crippen molar-refractivity contribution in [2.75, 3.05) is 5.32 Å². The quantitative estimate of drug-likeness (QED) is 0.755. The second kappa shape index (κ2) is 5.34. The molecule has 0 atom stereocenters. The number of halogens is 1. The maximum Gasteiger partial charge on any atom is 0.258 e. The van der Waals surface area contributed by atoms with E-state index in [1.165, 1.54) is 6.07 Å². The summed E-state index contributed by atoms with van der Waals surface area (Å²) in [6.45, 7) is 1.73. The summed E-state index contributed by atoms with van der Waals surface area (Å²) in [5, 5.41) is 11.8. The molecule has 0 radical (unpaired) electrons. The van der Waals surface area contributed by atoms with Crippen molar-refractivity contribution in [2.24, 2.45) is 0 Å². The Morgan fingerprint density at radius 2 is 1.95 bits per heavy atom. The predicted molar refractivity (Wildman–Crippen MR) is 82.1 cm³/mol. The first-order valence-electron chi connectivity index (χ1n) is 6.68. The molecule has 0 spiro atoms. The third kappa shape index (κ3) is 2.31. The Hall–Kier alpha value is -3.13. The summed E-state index contributed by atoms with van der Waals surface area (Å²) in [5.41, 5.74) is 2.53. The van der Waals surface area contributed by atoms with Gasteiger partial charge >= 0.3 is 0 Å². The van der Waals surface area contributed by atoms with Crippen LogP contribution in [0.25, 0.3) is 10.9 Å². The van der Waals surface area contributed by atoms with Gasteiger partial charge in [-0.25, -0.2) is 4.39 Å². The van der Waals surface area contributed by atoms with E-state index >= 15 is 0 Å². The van der Waals surface area contributed by atoms with Gasteiger partial charge in [0.25, 0.3) is 5.91 Å². The highest BCUT2D eigenvalue weighted by Gasteiger charge is 2.18. The minimum atomic E-state index is -0.438. The molecule has 4 nitrogen and oxygen atoms in total. The lowest BCUT2D eigenvalue weighted by atomic mass is 10.1. The first-order valence-corrected chi connectivity index (χ1v) is 6.68. The van der Waals surface area contributed by atoms with Crippen molar-refractivity contribution < 1.29 is 9.18 Å². The molecule has 108 valence electrons. The number of rotatable bonds is 2. The van der Waals surface area contributed by atoms with E-state index in [0.717, 1.165) is 0 Å². The van der Waals surface area contributed by atoms with Gasteiger partial charge in [0.1, 0.15) is 5.82 Å². The van der Waals surface area contributed by atoms with Crippen LogP contribution in [0.1, 0.15) is 21.6 Å². The van der Waals surface area contributed by atoms with E-state index in [1.807, 2.05) is 6.07 Å². The van der Waals surface area contributed by atoms with E-state index in [1.54, 1.807) is 43.3 Å². The Kier molecular flexibility index (Phi) is 3.36. The minimum absolute atomic E-state index is 0.283. The number of aromatic nitrogens is 1. The smallest absolute Gasteiger partial charge is 0.258 e. The maximum atomic E-state index is 14.0. The third-order valence-electron chi connectivity index (χ3n) is 3.46. The molecule has 0 saturated heterocycles. The molecule has 1 amide bonds. The van der Waals surface area contributed by atoms with E-state index in [-0.39, 0.29) is 10.9 Å². The molecule has 5 heteroatoms. The Bertz CT molecular complexity index is 904.